The second-order valence-electron chi connectivity index (χ2n) is 5.08. The van der Waals surface area contributed by atoms with Gasteiger partial charge in [0.1, 0.15) is 11.8 Å². The fourth-order valence-electron chi connectivity index (χ4n) is 1.83. The largest absolute Gasteiger partial charge is 0.493 e. The summed E-state index contributed by atoms with van der Waals surface area (Å²) < 4.78 is 5.48. The van der Waals surface area contributed by atoms with Crippen LogP contribution in [0.5, 0.6) is 5.75 Å². The lowest BCUT2D eigenvalue weighted by Crippen LogP contribution is -2.35. The smallest absolute Gasteiger partial charge is 0.249 e. The normalized spacial score (nSPS) is 13.3. The molecule has 0 spiro atoms. The minimum absolute atomic E-state index is 0.00280. The molecule has 2 atom stereocenters. The van der Waals surface area contributed by atoms with Crippen molar-refractivity contribution in [3.63, 3.8) is 0 Å². The van der Waals surface area contributed by atoms with E-state index in [4.69, 9.17) is 21.3 Å². The maximum Gasteiger partial charge on any atom is 0.249 e. The van der Waals surface area contributed by atoms with Gasteiger partial charge in [0.15, 0.2) is 0 Å². The van der Waals surface area contributed by atoms with Gasteiger partial charge in [0.25, 0.3) is 0 Å². The molecule has 22 heavy (non-hydrogen) atoms. The third kappa shape index (κ3) is 4.71. The summed E-state index contributed by atoms with van der Waals surface area (Å²) in [6.45, 7) is 4.35. The van der Waals surface area contributed by atoms with Gasteiger partial charge in [-0.25, -0.2) is 0 Å². The van der Waals surface area contributed by atoms with Gasteiger partial charge >= 0.3 is 0 Å². The molecular weight excluding hydrogens is 286 g/mol. The Morgan fingerprint density at radius 1 is 1.41 bits per heavy atom. The first kappa shape index (κ1) is 17.9. The van der Waals surface area contributed by atoms with Crippen LogP contribution in [0.15, 0.2) is 18.2 Å². The predicted octanol–water partition coefficient (Wildman–Crippen LogP) is -0.0714. The van der Waals surface area contributed by atoms with E-state index in [-0.39, 0.29) is 24.0 Å². The lowest BCUT2D eigenvalue weighted by Gasteiger charge is -2.16. The molecule has 1 aromatic rings. The van der Waals surface area contributed by atoms with Gasteiger partial charge in [0.05, 0.1) is 6.61 Å². The van der Waals surface area contributed by atoms with E-state index < -0.39 is 11.9 Å². The van der Waals surface area contributed by atoms with Crippen molar-refractivity contribution >= 4 is 11.8 Å². The number of aliphatic hydroxyl groups excluding tert-OH is 1. The van der Waals surface area contributed by atoms with Crippen molar-refractivity contribution in [2.24, 2.45) is 17.4 Å². The molecule has 7 heteroatoms. The molecule has 1 rings (SSSR count). The summed E-state index contributed by atoms with van der Waals surface area (Å²) in [5.74, 6) is -0.668. The fourth-order valence-corrected chi connectivity index (χ4v) is 1.83. The van der Waals surface area contributed by atoms with Crippen LogP contribution in [0.4, 0.5) is 0 Å². The molecular formula is C15H23N3O4. The first-order chi connectivity index (χ1) is 10.4. The van der Waals surface area contributed by atoms with E-state index in [1.807, 2.05) is 6.92 Å². The first-order valence-electron chi connectivity index (χ1n) is 7.11. The second-order valence-corrected chi connectivity index (χ2v) is 5.08. The third-order valence-corrected chi connectivity index (χ3v) is 3.10. The number of hydrogen-bond acceptors (Lipinski definition) is 5. The van der Waals surface area contributed by atoms with Gasteiger partial charge in [-0.15, -0.1) is 0 Å². The molecule has 0 saturated heterocycles. The quantitative estimate of drug-likeness (QED) is 0.534. The first-order valence-corrected chi connectivity index (χ1v) is 7.11. The van der Waals surface area contributed by atoms with Gasteiger partial charge in [-0.3, -0.25) is 9.59 Å². The number of nitrogens with one attached hydrogen (secondary N) is 1. The zero-order valence-corrected chi connectivity index (χ0v) is 12.8. The highest BCUT2D eigenvalue weighted by Crippen LogP contribution is 2.22. The number of hydrogen-bond donors (Lipinski definition) is 4. The Hall–Kier alpha value is -2.12. The Bertz CT molecular complexity index is 534. The minimum Gasteiger partial charge on any atom is -0.493 e. The SMILES string of the molecule is CCNC(=O)C(N)c1ccc(OCC(C)CO)cc1C(N)=O. The van der Waals surface area contributed by atoms with Crippen LogP contribution in [-0.2, 0) is 4.79 Å². The summed E-state index contributed by atoms with van der Waals surface area (Å²) in [5, 5.41) is 11.6. The zero-order chi connectivity index (χ0) is 16.7. The Morgan fingerprint density at radius 3 is 2.64 bits per heavy atom. The Labute approximate surface area is 129 Å². The van der Waals surface area contributed by atoms with Crippen LogP contribution < -0.4 is 21.5 Å². The Balaban J connectivity index is 3.00. The van der Waals surface area contributed by atoms with Crippen LogP contribution >= 0.6 is 0 Å². The number of likely N-dealkylation sites (N-methyl/N-ethyl adjacent to an activating group) is 1. The van der Waals surface area contributed by atoms with Gasteiger partial charge in [-0.2, -0.15) is 0 Å². The van der Waals surface area contributed by atoms with Crippen molar-refractivity contribution in [2.75, 3.05) is 19.8 Å². The fraction of sp³-hybridized carbons (Fsp3) is 0.467. The molecule has 122 valence electrons. The monoisotopic (exact) mass is 309 g/mol. The molecule has 6 N–H and O–H groups in total. The standard InChI is InChI=1S/C15H23N3O4/c1-3-18-15(21)13(16)11-5-4-10(6-12(11)14(17)20)22-8-9(2)7-19/h4-6,9,13,19H,3,7-8,16H2,1-2H3,(H2,17,20)(H,18,21). The van der Waals surface area contributed by atoms with Gasteiger partial charge in [-0.1, -0.05) is 13.0 Å². The predicted molar refractivity (Wildman–Crippen MR) is 82.3 cm³/mol. The summed E-state index contributed by atoms with van der Waals surface area (Å²) >= 11 is 0. The van der Waals surface area contributed by atoms with E-state index >= 15 is 0 Å². The van der Waals surface area contributed by atoms with Crippen molar-refractivity contribution in [2.45, 2.75) is 19.9 Å². The average Bonchev–Trinajstić information content (AvgIpc) is 2.51. The Morgan fingerprint density at radius 2 is 2.09 bits per heavy atom. The summed E-state index contributed by atoms with van der Waals surface area (Å²) in [5.41, 5.74) is 11.7. The molecule has 0 radical (unpaired) electrons. The lowest BCUT2D eigenvalue weighted by atomic mass is 9.99. The molecule has 0 fully saturated rings. The molecule has 0 aromatic heterocycles. The number of rotatable bonds is 8. The van der Waals surface area contributed by atoms with Crippen LogP contribution in [0.3, 0.4) is 0 Å². The molecule has 7 nitrogen and oxygen atoms in total. The van der Waals surface area contributed by atoms with E-state index in [1.165, 1.54) is 6.07 Å². The number of amides is 2. The number of primary amides is 1. The van der Waals surface area contributed by atoms with E-state index in [9.17, 15) is 9.59 Å². The highest BCUT2D eigenvalue weighted by atomic mass is 16.5. The minimum atomic E-state index is -0.979. The van der Waals surface area contributed by atoms with E-state index in [2.05, 4.69) is 5.32 Å². The average molecular weight is 309 g/mol. The molecule has 0 saturated carbocycles. The number of carbonyl (C=O) groups is 2. The van der Waals surface area contributed by atoms with Gasteiger partial charge in [0.2, 0.25) is 11.8 Å². The van der Waals surface area contributed by atoms with Crippen molar-refractivity contribution in [1.29, 1.82) is 0 Å². The topological polar surface area (TPSA) is 128 Å². The molecule has 0 heterocycles. The molecule has 0 aliphatic carbocycles. The number of aliphatic hydroxyl groups is 1. The molecule has 0 bridgehead atoms. The zero-order valence-electron chi connectivity index (χ0n) is 12.8. The molecule has 1 aromatic carbocycles. The summed E-state index contributed by atoms with van der Waals surface area (Å²) in [6, 6.07) is 3.65. The maximum absolute atomic E-state index is 11.8. The van der Waals surface area contributed by atoms with E-state index in [1.54, 1.807) is 19.1 Å². The second kappa shape index (κ2) is 8.35. The number of nitrogens with two attached hydrogens (primary N) is 2. The highest BCUT2D eigenvalue weighted by Gasteiger charge is 2.21. The van der Waals surface area contributed by atoms with Crippen molar-refractivity contribution < 1.29 is 19.4 Å². The Kier molecular flexibility index (Phi) is 6.81. The summed E-state index contributed by atoms with van der Waals surface area (Å²) in [7, 11) is 0. The molecule has 2 amide bonds. The van der Waals surface area contributed by atoms with Crippen molar-refractivity contribution in [3.8, 4) is 5.75 Å². The highest BCUT2D eigenvalue weighted by molar-refractivity contribution is 5.97. The number of carbonyl (C=O) groups excluding carboxylic acids is 2. The van der Waals surface area contributed by atoms with E-state index in [0.29, 0.717) is 24.5 Å². The van der Waals surface area contributed by atoms with Crippen molar-refractivity contribution in [3.05, 3.63) is 29.3 Å². The van der Waals surface area contributed by atoms with Gasteiger partial charge in [-0.05, 0) is 24.6 Å². The van der Waals surface area contributed by atoms with Crippen LogP contribution in [0.1, 0.15) is 35.8 Å². The number of benzene rings is 1. The summed E-state index contributed by atoms with van der Waals surface area (Å²) in [6.07, 6.45) is 0. The van der Waals surface area contributed by atoms with Crippen LogP contribution in [0, 0.1) is 5.92 Å². The third-order valence-electron chi connectivity index (χ3n) is 3.10. The summed E-state index contributed by atoms with van der Waals surface area (Å²) in [4.78, 5) is 23.4. The molecule has 2 unspecified atom stereocenters. The molecule has 0 aliphatic heterocycles. The molecule has 0 aliphatic rings. The van der Waals surface area contributed by atoms with Crippen LogP contribution in [0.25, 0.3) is 0 Å². The van der Waals surface area contributed by atoms with Crippen LogP contribution in [0.2, 0.25) is 0 Å². The number of ether oxygens (including phenoxy) is 1. The maximum atomic E-state index is 11.8. The van der Waals surface area contributed by atoms with Crippen LogP contribution in [-0.4, -0.2) is 36.7 Å². The van der Waals surface area contributed by atoms with Gasteiger partial charge < -0.3 is 26.6 Å². The van der Waals surface area contributed by atoms with Crippen molar-refractivity contribution in [1.82, 2.24) is 5.32 Å². The van der Waals surface area contributed by atoms with Gasteiger partial charge in [0, 0.05) is 24.6 Å². The van der Waals surface area contributed by atoms with E-state index in [0.717, 1.165) is 0 Å². The lowest BCUT2D eigenvalue weighted by molar-refractivity contribution is -0.122.